The fourth-order valence-electron chi connectivity index (χ4n) is 0.493. The lowest BCUT2D eigenvalue weighted by molar-refractivity contribution is 0.450. The van der Waals surface area contributed by atoms with Crippen molar-refractivity contribution in [2.75, 3.05) is 0 Å². The molecule has 44 valence electrons. The van der Waals surface area contributed by atoms with E-state index in [0.717, 1.165) is 0 Å². The molecule has 0 aliphatic carbocycles. The van der Waals surface area contributed by atoms with Gasteiger partial charge in [0.1, 0.15) is 11.5 Å². The molecule has 3 heteroatoms. The first kappa shape index (κ1) is 8.59. The average molecular weight is 134 g/mol. The number of hydrogen-bond donors (Lipinski definition) is 2. The van der Waals surface area contributed by atoms with Crippen molar-refractivity contribution in [3.63, 3.8) is 0 Å². The minimum atomic E-state index is 0. The number of phenols is 2. The van der Waals surface area contributed by atoms with E-state index >= 15 is 0 Å². The molecule has 0 atom stereocenters. The highest BCUT2D eigenvalue weighted by molar-refractivity contribution is 5.75. The van der Waals surface area contributed by atoms with Gasteiger partial charge in [-0.1, -0.05) is 6.07 Å². The Balaban J connectivity index is 0.000000640. The van der Waals surface area contributed by atoms with Crippen LogP contribution in [0, 0.1) is 0 Å². The Kier molecular flexibility index (Phi) is 3.42. The van der Waals surface area contributed by atoms with E-state index in [0.29, 0.717) is 0 Å². The van der Waals surface area contributed by atoms with Crippen LogP contribution in [0.5, 0.6) is 11.5 Å². The van der Waals surface area contributed by atoms with Crippen LogP contribution in [-0.4, -0.2) is 33.3 Å². The fraction of sp³-hybridized carbons (Fsp3) is 0. The second-order valence-electron chi connectivity index (χ2n) is 1.52. The van der Waals surface area contributed by atoms with E-state index in [-0.39, 0.29) is 34.6 Å². The van der Waals surface area contributed by atoms with Crippen molar-refractivity contribution in [2.24, 2.45) is 0 Å². The van der Waals surface area contributed by atoms with E-state index in [1.54, 1.807) is 6.07 Å². The molecular weight excluding hydrogens is 128 g/mol. The van der Waals surface area contributed by atoms with Crippen LogP contribution >= 0.6 is 0 Å². The van der Waals surface area contributed by atoms with Gasteiger partial charge in [0.05, 0.1) is 0 Å². The molecule has 0 bridgehead atoms. The van der Waals surface area contributed by atoms with Crippen molar-refractivity contribution in [2.45, 2.75) is 0 Å². The highest BCUT2D eigenvalue weighted by Gasteiger charge is 1.85. The molecule has 0 heterocycles. The van der Waals surface area contributed by atoms with Gasteiger partial charge in [-0.05, 0) is 12.1 Å². The summed E-state index contributed by atoms with van der Waals surface area (Å²) in [7, 11) is 0. The molecule has 0 aromatic heterocycles. The second kappa shape index (κ2) is 3.58. The third-order valence-electron chi connectivity index (χ3n) is 0.830. The predicted octanol–water partition coefficient (Wildman–Crippen LogP) is 0.717. The van der Waals surface area contributed by atoms with E-state index in [9.17, 15) is 0 Å². The summed E-state index contributed by atoms with van der Waals surface area (Å²) in [5, 5.41) is 17.3. The summed E-state index contributed by atoms with van der Waals surface area (Å²) < 4.78 is 0. The van der Waals surface area contributed by atoms with Crippen molar-refractivity contribution in [1.82, 2.24) is 0 Å². The maximum absolute atomic E-state index is 8.65. The van der Waals surface area contributed by atoms with Gasteiger partial charge in [-0.15, -0.1) is 0 Å². The van der Waals surface area contributed by atoms with Crippen molar-refractivity contribution in [3.05, 3.63) is 24.3 Å². The lowest BCUT2D eigenvalue weighted by Gasteiger charge is -1.89. The van der Waals surface area contributed by atoms with E-state index in [2.05, 4.69) is 0 Å². The summed E-state index contributed by atoms with van der Waals surface area (Å²) in [5.41, 5.74) is 0. The zero-order chi connectivity index (χ0) is 5.98. The minimum Gasteiger partial charge on any atom is -0.508 e. The zero-order valence-corrected chi connectivity index (χ0v) is 6.33. The summed E-state index contributed by atoms with van der Waals surface area (Å²) in [5.74, 6) is 0.176. The molecule has 0 aliphatic heterocycles. The standard InChI is InChI=1S/C6H6O2.Mg/c7-5-2-1-3-6(8)4-5;/h1-4,7-8H;. The highest BCUT2D eigenvalue weighted by atomic mass is 24.3. The second-order valence-corrected chi connectivity index (χ2v) is 1.52. The van der Waals surface area contributed by atoms with Gasteiger partial charge < -0.3 is 10.2 Å². The van der Waals surface area contributed by atoms with Gasteiger partial charge in [-0.2, -0.15) is 0 Å². The van der Waals surface area contributed by atoms with Crippen LogP contribution in [0.4, 0.5) is 0 Å². The van der Waals surface area contributed by atoms with Crippen molar-refractivity contribution < 1.29 is 10.2 Å². The molecule has 0 fully saturated rings. The fourth-order valence-corrected chi connectivity index (χ4v) is 0.493. The first-order valence-corrected chi connectivity index (χ1v) is 2.27. The Morgan fingerprint density at radius 1 is 1.00 bits per heavy atom. The van der Waals surface area contributed by atoms with Gasteiger partial charge in [-0.3, -0.25) is 0 Å². The lowest BCUT2D eigenvalue weighted by Crippen LogP contribution is -1.61. The molecule has 2 nitrogen and oxygen atoms in total. The topological polar surface area (TPSA) is 40.5 Å². The SMILES string of the molecule is Oc1cccc(O)c1.[Mg]. The number of benzene rings is 1. The van der Waals surface area contributed by atoms with Crippen LogP contribution < -0.4 is 0 Å². The normalized spacial score (nSPS) is 8.00. The van der Waals surface area contributed by atoms with Gasteiger partial charge in [0, 0.05) is 29.1 Å². The summed E-state index contributed by atoms with van der Waals surface area (Å²) in [6.07, 6.45) is 0. The Morgan fingerprint density at radius 2 is 1.44 bits per heavy atom. The molecule has 0 saturated heterocycles. The molecule has 2 radical (unpaired) electrons. The number of hydrogen-bond acceptors (Lipinski definition) is 2. The Hall–Kier alpha value is -0.414. The van der Waals surface area contributed by atoms with Crippen molar-refractivity contribution >= 4 is 23.1 Å². The molecule has 1 rings (SSSR count). The predicted molar refractivity (Wildman–Crippen MR) is 35.5 cm³/mol. The van der Waals surface area contributed by atoms with Gasteiger partial charge in [-0.25, -0.2) is 0 Å². The summed E-state index contributed by atoms with van der Waals surface area (Å²) in [4.78, 5) is 0. The van der Waals surface area contributed by atoms with E-state index < -0.39 is 0 Å². The third-order valence-corrected chi connectivity index (χ3v) is 0.830. The van der Waals surface area contributed by atoms with Crippen molar-refractivity contribution in [1.29, 1.82) is 0 Å². The molecule has 0 aliphatic rings. The van der Waals surface area contributed by atoms with Crippen LogP contribution in [0.25, 0.3) is 0 Å². The highest BCUT2D eigenvalue weighted by Crippen LogP contribution is 2.14. The number of aromatic hydroxyl groups is 2. The van der Waals surface area contributed by atoms with Gasteiger partial charge in [0.2, 0.25) is 0 Å². The minimum absolute atomic E-state index is 0. The van der Waals surface area contributed by atoms with E-state index in [1.807, 2.05) is 0 Å². The summed E-state index contributed by atoms with van der Waals surface area (Å²) in [6, 6.07) is 5.85. The van der Waals surface area contributed by atoms with Gasteiger partial charge in [0.25, 0.3) is 0 Å². The van der Waals surface area contributed by atoms with Crippen LogP contribution in [0.2, 0.25) is 0 Å². The molecule has 0 saturated carbocycles. The number of rotatable bonds is 0. The largest absolute Gasteiger partial charge is 0.508 e. The maximum Gasteiger partial charge on any atom is 0.119 e. The molecule has 0 amide bonds. The number of phenolic OH excluding ortho intramolecular Hbond substituents is 2. The summed E-state index contributed by atoms with van der Waals surface area (Å²) >= 11 is 0. The molecule has 9 heavy (non-hydrogen) atoms. The first-order chi connectivity index (χ1) is 3.79. The Morgan fingerprint density at radius 3 is 1.67 bits per heavy atom. The molecule has 1 aromatic carbocycles. The van der Waals surface area contributed by atoms with Crippen LogP contribution in [0.3, 0.4) is 0 Å². The zero-order valence-electron chi connectivity index (χ0n) is 4.91. The molecule has 2 N–H and O–H groups in total. The third kappa shape index (κ3) is 2.58. The molecule has 0 unspecified atom stereocenters. The smallest absolute Gasteiger partial charge is 0.119 e. The monoisotopic (exact) mass is 134 g/mol. The Bertz CT molecular complexity index is 171. The van der Waals surface area contributed by atoms with Crippen LogP contribution in [0.1, 0.15) is 0 Å². The first-order valence-electron chi connectivity index (χ1n) is 2.27. The molecular formula is C6H6MgO2. The lowest BCUT2D eigenvalue weighted by atomic mass is 10.3. The van der Waals surface area contributed by atoms with E-state index in [4.69, 9.17) is 10.2 Å². The van der Waals surface area contributed by atoms with Crippen molar-refractivity contribution in [3.8, 4) is 11.5 Å². The summed E-state index contributed by atoms with van der Waals surface area (Å²) in [6.45, 7) is 0. The maximum atomic E-state index is 8.65. The quantitative estimate of drug-likeness (QED) is 0.513. The Labute approximate surface area is 69.3 Å². The molecule has 1 aromatic rings. The average Bonchev–Trinajstić information content (AvgIpc) is 1.64. The van der Waals surface area contributed by atoms with E-state index in [1.165, 1.54) is 18.2 Å². The van der Waals surface area contributed by atoms with Crippen LogP contribution in [0.15, 0.2) is 24.3 Å². The van der Waals surface area contributed by atoms with Crippen LogP contribution in [-0.2, 0) is 0 Å². The molecule has 0 spiro atoms. The van der Waals surface area contributed by atoms with Gasteiger partial charge in [0.15, 0.2) is 0 Å². The van der Waals surface area contributed by atoms with Gasteiger partial charge >= 0.3 is 0 Å².